The molecule has 0 radical (unpaired) electrons. The molecular formula is C18H20Cl2N2O3S. The van der Waals surface area contributed by atoms with Crippen LogP contribution in [0.4, 0.5) is 5.69 Å². The van der Waals surface area contributed by atoms with Gasteiger partial charge in [-0.15, -0.1) is 0 Å². The fourth-order valence-corrected chi connectivity index (χ4v) is 4.14. The first-order valence-electron chi connectivity index (χ1n) is 7.92. The summed E-state index contributed by atoms with van der Waals surface area (Å²) in [7, 11) is -2.63. The summed E-state index contributed by atoms with van der Waals surface area (Å²) in [6, 6.07) is 11.6. The summed E-state index contributed by atoms with van der Waals surface area (Å²) in [6.07, 6.45) is 0. The van der Waals surface area contributed by atoms with E-state index in [0.717, 1.165) is 9.87 Å². The van der Waals surface area contributed by atoms with E-state index in [2.05, 4.69) is 19.2 Å². The highest BCUT2D eigenvalue weighted by molar-refractivity contribution is 7.89. The maximum Gasteiger partial charge on any atom is 0.244 e. The van der Waals surface area contributed by atoms with Crippen molar-refractivity contribution in [1.82, 2.24) is 4.31 Å². The van der Waals surface area contributed by atoms with Gasteiger partial charge in [0.05, 0.1) is 11.6 Å². The van der Waals surface area contributed by atoms with Crippen LogP contribution in [0.1, 0.15) is 25.3 Å². The highest BCUT2D eigenvalue weighted by Crippen LogP contribution is 2.27. The minimum Gasteiger partial charge on any atom is -0.325 e. The lowest BCUT2D eigenvalue weighted by Crippen LogP contribution is -2.35. The molecule has 0 heterocycles. The summed E-state index contributed by atoms with van der Waals surface area (Å²) >= 11 is 11.8. The minimum absolute atomic E-state index is 0.0472. The lowest BCUT2D eigenvalue weighted by Gasteiger charge is -2.18. The lowest BCUT2D eigenvalue weighted by atomic mass is 10.0. The van der Waals surface area contributed by atoms with Crippen molar-refractivity contribution in [2.45, 2.75) is 24.7 Å². The Morgan fingerprint density at radius 2 is 1.73 bits per heavy atom. The molecule has 2 rings (SSSR count). The molecule has 0 unspecified atom stereocenters. The monoisotopic (exact) mass is 414 g/mol. The molecule has 1 N–H and O–H groups in total. The average molecular weight is 415 g/mol. The van der Waals surface area contributed by atoms with Crippen molar-refractivity contribution in [3.8, 4) is 0 Å². The fourth-order valence-electron chi connectivity index (χ4n) is 2.28. The molecule has 2 aromatic carbocycles. The Bertz CT molecular complexity index is 897. The van der Waals surface area contributed by atoms with Crippen LogP contribution in [-0.4, -0.2) is 32.2 Å². The average Bonchev–Trinajstić information content (AvgIpc) is 2.57. The number of amides is 1. The number of nitrogens with zero attached hydrogens (tertiary/aromatic N) is 1. The normalized spacial score (nSPS) is 11.8. The molecule has 5 nitrogen and oxygen atoms in total. The molecule has 0 bridgehead atoms. The number of rotatable bonds is 6. The molecule has 8 heteroatoms. The largest absolute Gasteiger partial charge is 0.325 e. The predicted molar refractivity (Wildman–Crippen MR) is 105 cm³/mol. The second-order valence-corrected chi connectivity index (χ2v) is 9.02. The van der Waals surface area contributed by atoms with Crippen LogP contribution < -0.4 is 5.32 Å². The first-order valence-corrected chi connectivity index (χ1v) is 10.1. The quantitative estimate of drug-likeness (QED) is 0.762. The summed E-state index contributed by atoms with van der Waals surface area (Å²) in [5.41, 5.74) is 1.75. The summed E-state index contributed by atoms with van der Waals surface area (Å²) in [6.45, 7) is 3.81. The Hall–Kier alpha value is -1.60. The van der Waals surface area contributed by atoms with Gasteiger partial charge >= 0.3 is 0 Å². The summed E-state index contributed by atoms with van der Waals surface area (Å²) < 4.78 is 26.2. The van der Waals surface area contributed by atoms with Crippen molar-refractivity contribution in [2.75, 3.05) is 18.9 Å². The van der Waals surface area contributed by atoms with Gasteiger partial charge in [-0.1, -0.05) is 49.2 Å². The fraction of sp³-hybridized carbons (Fsp3) is 0.278. The number of hydrogen-bond acceptors (Lipinski definition) is 3. The maximum atomic E-state index is 12.6. The van der Waals surface area contributed by atoms with E-state index >= 15 is 0 Å². The van der Waals surface area contributed by atoms with E-state index in [1.165, 1.54) is 25.2 Å². The zero-order valence-electron chi connectivity index (χ0n) is 14.7. The van der Waals surface area contributed by atoms with Crippen LogP contribution in [0.15, 0.2) is 47.4 Å². The number of halogens is 2. The molecule has 0 saturated carbocycles. The Labute approximate surface area is 164 Å². The van der Waals surface area contributed by atoms with Gasteiger partial charge in [-0.25, -0.2) is 8.42 Å². The standard InChI is InChI=1S/C18H20Cl2N2O3S/c1-12(2)13-4-7-15(8-5-13)21-18(23)11-22(3)26(24,25)17-10-14(19)6-9-16(17)20/h4-10,12H,11H2,1-3H3,(H,21,23). The van der Waals surface area contributed by atoms with Crippen molar-refractivity contribution in [3.63, 3.8) is 0 Å². The van der Waals surface area contributed by atoms with Crippen LogP contribution in [0.2, 0.25) is 10.0 Å². The van der Waals surface area contributed by atoms with Gasteiger partial charge in [0, 0.05) is 17.8 Å². The molecule has 140 valence electrons. The smallest absolute Gasteiger partial charge is 0.244 e. The minimum atomic E-state index is -3.94. The first-order chi connectivity index (χ1) is 12.1. The van der Waals surface area contributed by atoms with Crippen LogP contribution >= 0.6 is 23.2 Å². The van der Waals surface area contributed by atoms with Gasteiger partial charge in [0.15, 0.2) is 0 Å². The van der Waals surface area contributed by atoms with Crippen LogP contribution in [0, 0.1) is 0 Å². The highest BCUT2D eigenvalue weighted by Gasteiger charge is 2.25. The zero-order valence-corrected chi connectivity index (χ0v) is 17.0. The van der Waals surface area contributed by atoms with Crippen molar-refractivity contribution in [1.29, 1.82) is 0 Å². The van der Waals surface area contributed by atoms with Gasteiger partial charge in [-0.3, -0.25) is 4.79 Å². The van der Waals surface area contributed by atoms with Crippen molar-refractivity contribution < 1.29 is 13.2 Å². The van der Waals surface area contributed by atoms with E-state index in [-0.39, 0.29) is 21.5 Å². The number of sulfonamides is 1. The number of carbonyl (C=O) groups is 1. The third-order valence-electron chi connectivity index (χ3n) is 3.81. The second kappa shape index (κ2) is 8.39. The van der Waals surface area contributed by atoms with E-state index in [0.29, 0.717) is 11.6 Å². The van der Waals surface area contributed by atoms with Crippen LogP contribution in [0.25, 0.3) is 0 Å². The highest BCUT2D eigenvalue weighted by atomic mass is 35.5. The SMILES string of the molecule is CC(C)c1ccc(NC(=O)CN(C)S(=O)(=O)c2cc(Cl)ccc2Cl)cc1. The number of hydrogen-bond donors (Lipinski definition) is 1. The van der Waals surface area contributed by atoms with Crippen LogP contribution in [0.5, 0.6) is 0 Å². The Morgan fingerprint density at radius 3 is 2.31 bits per heavy atom. The third kappa shape index (κ3) is 4.98. The van der Waals surface area contributed by atoms with Gasteiger partial charge < -0.3 is 5.32 Å². The number of anilines is 1. The predicted octanol–water partition coefficient (Wildman–Crippen LogP) is 4.38. The zero-order chi connectivity index (χ0) is 19.5. The molecule has 2 aromatic rings. The lowest BCUT2D eigenvalue weighted by molar-refractivity contribution is -0.116. The van der Waals surface area contributed by atoms with E-state index < -0.39 is 15.9 Å². The molecule has 0 spiro atoms. The van der Waals surface area contributed by atoms with Crippen molar-refractivity contribution in [3.05, 3.63) is 58.1 Å². The number of likely N-dealkylation sites (N-methyl/N-ethyl adjacent to an activating group) is 1. The Kier molecular flexibility index (Phi) is 6.69. The van der Waals surface area contributed by atoms with Crippen LogP contribution in [0.3, 0.4) is 0 Å². The number of benzene rings is 2. The topological polar surface area (TPSA) is 66.5 Å². The maximum absolute atomic E-state index is 12.6. The summed E-state index contributed by atoms with van der Waals surface area (Å²) in [5, 5.41) is 2.98. The van der Waals surface area contributed by atoms with Crippen molar-refractivity contribution in [2.24, 2.45) is 0 Å². The molecule has 0 saturated heterocycles. The molecule has 0 fully saturated rings. The van der Waals surface area contributed by atoms with E-state index in [1.807, 2.05) is 12.1 Å². The first kappa shape index (κ1) is 20.7. The van der Waals surface area contributed by atoms with Gasteiger partial charge in [0.2, 0.25) is 15.9 Å². The number of carbonyl (C=O) groups excluding carboxylic acids is 1. The molecule has 0 aliphatic rings. The van der Waals surface area contributed by atoms with Gasteiger partial charge in [0.1, 0.15) is 4.90 Å². The molecule has 0 atom stereocenters. The van der Waals surface area contributed by atoms with E-state index in [9.17, 15) is 13.2 Å². The molecule has 26 heavy (non-hydrogen) atoms. The second-order valence-electron chi connectivity index (χ2n) is 6.16. The molecule has 0 aliphatic carbocycles. The Balaban J connectivity index is 2.09. The van der Waals surface area contributed by atoms with E-state index in [1.54, 1.807) is 12.1 Å². The van der Waals surface area contributed by atoms with Crippen molar-refractivity contribution >= 4 is 44.8 Å². The third-order valence-corrected chi connectivity index (χ3v) is 6.33. The van der Waals surface area contributed by atoms with Gasteiger partial charge in [-0.2, -0.15) is 4.31 Å². The Morgan fingerprint density at radius 1 is 1.12 bits per heavy atom. The van der Waals surface area contributed by atoms with E-state index in [4.69, 9.17) is 23.2 Å². The molecule has 1 amide bonds. The molecule has 0 aromatic heterocycles. The number of nitrogens with one attached hydrogen (secondary N) is 1. The summed E-state index contributed by atoms with van der Waals surface area (Å²) in [4.78, 5) is 12.1. The van der Waals surface area contributed by atoms with Crippen LogP contribution in [-0.2, 0) is 14.8 Å². The van der Waals surface area contributed by atoms with Gasteiger partial charge in [-0.05, 0) is 41.8 Å². The molecular weight excluding hydrogens is 395 g/mol. The van der Waals surface area contributed by atoms with Gasteiger partial charge in [0.25, 0.3) is 0 Å². The summed E-state index contributed by atoms with van der Waals surface area (Å²) in [5.74, 6) is -0.0648. The molecule has 0 aliphatic heterocycles.